The van der Waals surface area contributed by atoms with Crippen molar-refractivity contribution in [2.45, 2.75) is 33.1 Å². The topological polar surface area (TPSA) is 15.3 Å². The second kappa shape index (κ2) is 6.39. The molecule has 0 bridgehead atoms. The minimum Gasteiger partial charge on any atom is -0.315 e. The molecule has 0 aromatic heterocycles. The van der Waals surface area contributed by atoms with Crippen molar-refractivity contribution in [2.75, 3.05) is 32.7 Å². The smallest absolute Gasteiger partial charge is 0.0107 e. The minimum absolute atomic E-state index is 0.846. The van der Waals surface area contributed by atoms with E-state index < -0.39 is 0 Å². The van der Waals surface area contributed by atoms with Gasteiger partial charge in [-0.25, -0.2) is 0 Å². The Morgan fingerprint density at radius 3 is 2.77 bits per heavy atom. The monoisotopic (exact) mass is 184 g/mol. The molecule has 0 aliphatic carbocycles. The van der Waals surface area contributed by atoms with Crippen molar-refractivity contribution >= 4 is 0 Å². The first-order valence-corrected chi connectivity index (χ1v) is 5.72. The van der Waals surface area contributed by atoms with E-state index in [4.69, 9.17) is 0 Å². The van der Waals surface area contributed by atoms with E-state index in [1.165, 1.54) is 52.0 Å². The molecule has 1 rings (SSSR count). The Balaban J connectivity index is 2.14. The fraction of sp³-hybridized carbons (Fsp3) is 1.00. The lowest BCUT2D eigenvalue weighted by molar-refractivity contribution is 0.241. The third-order valence-corrected chi connectivity index (χ3v) is 2.71. The lowest BCUT2D eigenvalue weighted by atomic mass is 10.1. The summed E-state index contributed by atoms with van der Waals surface area (Å²) in [5.74, 6) is 0.846. The second-order valence-corrected chi connectivity index (χ2v) is 4.48. The Morgan fingerprint density at radius 2 is 2.00 bits per heavy atom. The third-order valence-electron chi connectivity index (χ3n) is 2.71. The molecule has 0 spiro atoms. The highest BCUT2D eigenvalue weighted by Crippen LogP contribution is 2.04. The molecule has 0 unspecified atom stereocenters. The van der Waals surface area contributed by atoms with E-state index in [9.17, 15) is 0 Å². The minimum atomic E-state index is 0.846. The van der Waals surface area contributed by atoms with E-state index in [1.807, 2.05) is 0 Å². The van der Waals surface area contributed by atoms with Crippen LogP contribution in [0.1, 0.15) is 33.1 Å². The van der Waals surface area contributed by atoms with Crippen molar-refractivity contribution in [3.63, 3.8) is 0 Å². The van der Waals surface area contributed by atoms with Crippen LogP contribution in [0.25, 0.3) is 0 Å². The Labute approximate surface area is 82.7 Å². The lowest BCUT2D eigenvalue weighted by Gasteiger charge is -2.25. The maximum atomic E-state index is 3.46. The van der Waals surface area contributed by atoms with Crippen LogP contribution in [0.15, 0.2) is 0 Å². The molecule has 0 amide bonds. The predicted octanol–water partition coefficient (Wildman–Crippen LogP) is 1.72. The Bertz CT molecular complexity index is 115. The molecule has 1 N–H and O–H groups in total. The van der Waals surface area contributed by atoms with Crippen LogP contribution in [0.5, 0.6) is 0 Å². The van der Waals surface area contributed by atoms with E-state index in [-0.39, 0.29) is 0 Å². The van der Waals surface area contributed by atoms with Gasteiger partial charge in [-0.2, -0.15) is 0 Å². The van der Waals surface area contributed by atoms with Crippen molar-refractivity contribution in [3.05, 3.63) is 0 Å². The normalized spacial score (nSPS) is 21.5. The standard InChI is InChI=1S/C11H24N2/c1-11(2)5-9-13-8-4-3-6-12-7-10-13/h11-12H,3-10H2,1-2H3. The number of nitrogens with zero attached hydrogens (tertiary/aromatic N) is 1. The summed E-state index contributed by atoms with van der Waals surface area (Å²) in [6.07, 6.45) is 4.06. The van der Waals surface area contributed by atoms with Crippen LogP contribution in [0, 0.1) is 5.92 Å². The Hall–Kier alpha value is -0.0800. The molecule has 78 valence electrons. The van der Waals surface area contributed by atoms with Gasteiger partial charge < -0.3 is 10.2 Å². The first-order valence-electron chi connectivity index (χ1n) is 5.72. The summed E-state index contributed by atoms with van der Waals surface area (Å²) in [5.41, 5.74) is 0. The molecule has 1 saturated heterocycles. The summed E-state index contributed by atoms with van der Waals surface area (Å²) in [6.45, 7) is 10.9. The average Bonchev–Trinajstić information content (AvgIpc) is 2.01. The van der Waals surface area contributed by atoms with Crippen LogP contribution < -0.4 is 5.32 Å². The maximum Gasteiger partial charge on any atom is 0.0107 e. The van der Waals surface area contributed by atoms with E-state index in [0.717, 1.165) is 5.92 Å². The number of hydrogen-bond donors (Lipinski definition) is 1. The molecule has 2 nitrogen and oxygen atoms in total. The first kappa shape index (κ1) is 11.0. The molecular weight excluding hydrogens is 160 g/mol. The van der Waals surface area contributed by atoms with E-state index in [0.29, 0.717) is 0 Å². The predicted molar refractivity (Wildman–Crippen MR) is 58.0 cm³/mol. The van der Waals surface area contributed by atoms with E-state index in [2.05, 4.69) is 24.1 Å². The summed E-state index contributed by atoms with van der Waals surface area (Å²) in [6, 6.07) is 0. The van der Waals surface area contributed by atoms with Gasteiger partial charge in [-0.1, -0.05) is 13.8 Å². The van der Waals surface area contributed by atoms with Crippen LogP contribution in [-0.4, -0.2) is 37.6 Å². The van der Waals surface area contributed by atoms with Gasteiger partial charge in [0.15, 0.2) is 0 Å². The molecule has 1 aliphatic heterocycles. The van der Waals surface area contributed by atoms with Crippen molar-refractivity contribution in [2.24, 2.45) is 5.92 Å². The zero-order chi connectivity index (χ0) is 9.52. The highest BCUT2D eigenvalue weighted by Gasteiger charge is 2.07. The van der Waals surface area contributed by atoms with E-state index in [1.54, 1.807) is 0 Å². The maximum absolute atomic E-state index is 3.46. The summed E-state index contributed by atoms with van der Waals surface area (Å²) >= 11 is 0. The highest BCUT2D eigenvalue weighted by atomic mass is 15.1. The molecule has 0 atom stereocenters. The number of nitrogens with one attached hydrogen (secondary N) is 1. The Kier molecular flexibility index (Phi) is 5.40. The van der Waals surface area contributed by atoms with Gasteiger partial charge in [0, 0.05) is 13.1 Å². The van der Waals surface area contributed by atoms with Gasteiger partial charge >= 0.3 is 0 Å². The molecule has 1 fully saturated rings. The van der Waals surface area contributed by atoms with Gasteiger partial charge in [0.2, 0.25) is 0 Å². The average molecular weight is 184 g/mol. The molecule has 13 heavy (non-hydrogen) atoms. The van der Waals surface area contributed by atoms with Crippen LogP contribution in [0.2, 0.25) is 0 Å². The molecule has 2 heteroatoms. The van der Waals surface area contributed by atoms with Gasteiger partial charge in [-0.15, -0.1) is 0 Å². The van der Waals surface area contributed by atoms with E-state index >= 15 is 0 Å². The van der Waals surface area contributed by atoms with Crippen LogP contribution >= 0.6 is 0 Å². The first-order chi connectivity index (χ1) is 6.29. The Morgan fingerprint density at radius 1 is 1.15 bits per heavy atom. The summed E-state index contributed by atoms with van der Waals surface area (Å²) in [4.78, 5) is 2.60. The number of hydrogen-bond acceptors (Lipinski definition) is 2. The van der Waals surface area contributed by atoms with Gasteiger partial charge in [-0.05, 0) is 44.8 Å². The molecule has 0 radical (unpaired) electrons. The molecule has 0 aromatic carbocycles. The lowest BCUT2D eigenvalue weighted by Crippen LogP contribution is -2.36. The largest absolute Gasteiger partial charge is 0.315 e. The molecule has 0 aromatic rings. The fourth-order valence-electron chi connectivity index (χ4n) is 1.72. The molecule has 0 saturated carbocycles. The summed E-state index contributed by atoms with van der Waals surface area (Å²) in [5, 5.41) is 3.46. The van der Waals surface area contributed by atoms with Gasteiger partial charge in [-0.3, -0.25) is 0 Å². The van der Waals surface area contributed by atoms with Gasteiger partial charge in [0.05, 0.1) is 0 Å². The zero-order valence-electron chi connectivity index (χ0n) is 9.18. The zero-order valence-corrected chi connectivity index (χ0v) is 9.18. The SMILES string of the molecule is CC(C)CCN1CCCCNCC1. The van der Waals surface area contributed by atoms with Crippen LogP contribution in [0.3, 0.4) is 0 Å². The van der Waals surface area contributed by atoms with Crippen molar-refractivity contribution in [1.82, 2.24) is 10.2 Å². The van der Waals surface area contributed by atoms with Crippen LogP contribution in [0.4, 0.5) is 0 Å². The third kappa shape index (κ3) is 5.27. The molecule has 1 heterocycles. The van der Waals surface area contributed by atoms with Gasteiger partial charge in [0.25, 0.3) is 0 Å². The fourth-order valence-corrected chi connectivity index (χ4v) is 1.72. The quantitative estimate of drug-likeness (QED) is 0.718. The summed E-state index contributed by atoms with van der Waals surface area (Å²) in [7, 11) is 0. The highest BCUT2D eigenvalue weighted by molar-refractivity contribution is 4.65. The number of rotatable bonds is 3. The van der Waals surface area contributed by atoms with Crippen molar-refractivity contribution in [1.29, 1.82) is 0 Å². The molecular formula is C11H24N2. The van der Waals surface area contributed by atoms with Crippen molar-refractivity contribution < 1.29 is 0 Å². The van der Waals surface area contributed by atoms with Crippen molar-refractivity contribution in [3.8, 4) is 0 Å². The summed E-state index contributed by atoms with van der Waals surface area (Å²) < 4.78 is 0. The second-order valence-electron chi connectivity index (χ2n) is 4.48. The van der Waals surface area contributed by atoms with Gasteiger partial charge in [0.1, 0.15) is 0 Å². The molecule has 1 aliphatic rings. The van der Waals surface area contributed by atoms with Crippen LogP contribution in [-0.2, 0) is 0 Å².